The van der Waals surface area contributed by atoms with Gasteiger partial charge in [-0.15, -0.1) is 0 Å². The fourth-order valence-electron chi connectivity index (χ4n) is 5.31. The van der Waals surface area contributed by atoms with Gasteiger partial charge in [0, 0.05) is 26.9 Å². The number of amides is 4. The number of aliphatic hydroxyl groups excluding tert-OH is 1. The lowest BCUT2D eigenvalue weighted by atomic mass is 9.98. The third kappa shape index (κ3) is 13.4. The van der Waals surface area contributed by atoms with Gasteiger partial charge in [-0.2, -0.15) is 0 Å². The first kappa shape index (κ1) is 38.7. The van der Waals surface area contributed by atoms with Crippen molar-refractivity contribution in [2.24, 2.45) is 11.8 Å². The Morgan fingerprint density at radius 1 is 0.673 bits per heavy atom. The van der Waals surface area contributed by atoms with Gasteiger partial charge in [0.25, 0.3) is 5.91 Å². The average Bonchev–Trinajstić information content (AvgIpc) is 3.05. The van der Waals surface area contributed by atoms with Crippen LogP contribution in [-0.2, 0) is 38.8 Å². The van der Waals surface area contributed by atoms with E-state index in [2.05, 4.69) is 21.4 Å². The molecule has 0 fully saturated rings. The van der Waals surface area contributed by atoms with Crippen molar-refractivity contribution >= 4 is 23.6 Å². The molecule has 3 aromatic rings. The Labute approximate surface area is 289 Å². The number of nitrogens with zero attached hydrogens (tertiary/aromatic N) is 1. The Kier molecular flexibility index (Phi) is 15.2. The number of aliphatic hydroxyl groups is 1. The molecule has 3 aromatic carbocycles. The Morgan fingerprint density at radius 3 is 1.69 bits per heavy atom. The molecule has 264 valence electrons. The molecule has 2 unspecified atom stereocenters. The first-order valence-electron chi connectivity index (χ1n) is 16.7. The summed E-state index contributed by atoms with van der Waals surface area (Å²) in [6.45, 7) is 10.6. The van der Waals surface area contributed by atoms with Crippen molar-refractivity contribution in [3.05, 3.63) is 102 Å². The molecular formula is C38H51N5O6. The maximum absolute atomic E-state index is 13.5. The molecule has 0 aliphatic heterocycles. The van der Waals surface area contributed by atoms with Crippen LogP contribution in [0.15, 0.2) is 84.9 Å². The first-order valence-corrected chi connectivity index (χ1v) is 16.7. The molecule has 4 amide bonds. The number of ether oxygens (including phenoxy) is 1. The Hall–Kier alpha value is -4.74. The summed E-state index contributed by atoms with van der Waals surface area (Å²) in [5.74, 6) is -1.25. The van der Waals surface area contributed by atoms with E-state index in [4.69, 9.17) is 4.74 Å². The summed E-state index contributed by atoms with van der Waals surface area (Å²) in [4.78, 5) is 50.7. The van der Waals surface area contributed by atoms with Crippen molar-refractivity contribution in [3.63, 3.8) is 0 Å². The van der Waals surface area contributed by atoms with Crippen LogP contribution in [0.5, 0.6) is 5.75 Å². The van der Waals surface area contributed by atoms with Gasteiger partial charge in [-0.1, -0.05) is 100 Å². The molecule has 0 aliphatic carbocycles. The minimum Gasteiger partial charge on any atom is -0.489 e. The maximum Gasteiger partial charge on any atom is 0.257 e. The fraction of sp³-hybridized carbons (Fsp3) is 0.421. The van der Waals surface area contributed by atoms with Gasteiger partial charge in [0.15, 0.2) is 0 Å². The van der Waals surface area contributed by atoms with E-state index in [0.29, 0.717) is 18.8 Å². The predicted molar refractivity (Wildman–Crippen MR) is 189 cm³/mol. The zero-order chi connectivity index (χ0) is 35.9. The second kappa shape index (κ2) is 19.3. The third-order valence-corrected chi connectivity index (χ3v) is 7.93. The normalized spacial score (nSPS) is 13.7. The number of rotatable bonds is 18. The lowest BCUT2D eigenvalue weighted by Crippen LogP contribution is -2.59. The molecule has 3 rings (SSSR count). The van der Waals surface area contributed by atoms with E-state index in [9.17, 15) is 24.3 Å². The van der Waals surface area contributed by atoms with Gasteiger partial charge in [0.1, 0.15) is 24.4 Å². The maximum atomic E-state index is 13.5. The van der Waals surface area contributed by atoms with E-state index < -0.39 is 36.0 Å². The van der Waals surface area contributed by atoms with Crippen LogP contribution in [0.25, 0.3) is 0 Å². The van der Waals surface area contributed by atoms with Crippen molar-refractivity contribution in [3.8, 4) is 5.75 Å². The van der Waals surface area contributed by atoms with Crippen LogP contribution >= 0.6 is 0 Å². The predicted octanol–water partition coefficient (Wildman–Crippen LogP) is 3.51. The highest BCUT2D eigenvalue weighted by atomic mass is 16.5. The van der Waals surface area contributed by atoms with Crippen molar-refractivity contribution in [1.82, 2.24) is 26.4 Å². The lowest BCUT2D eigenvalue weighted by molar-refractivity contribution is -0.134. The zero-order valence-electron chi connectivity index (χ0n) is 29.3. The molecule has 5 N–H and O–H groups in total. The molecule has 4 atom stereocenters. The number of nitrogens with one attached hydrogen (secondary N) is 4. The molecule has 0 saturated heterocycles. The second-order valence-corrected chi connectivity index (χ2v) is 13.0. The van der Waals surface area contributed by atoms with Gasteiger partial charge in [-0.3, -0.25) is 24.6 Å². The van der Waals surface area contributed by atoms with Crippen molar-refractivity contribution < 1.29 is 29.0 Å². The van der Waals surface area contributed by atoms with Crippen molar-refractivity contribution in [1.29, 1.82) is 0 Å². The lowest BCUT2D eigenvalue weighted by Gasteiger charge is -2.33. The summed E-state index contributed by atoms with van der Waals surface area (Å²) in [6, 6.07) is 24.3. The average molecular weight is 674 g/mol. The molecule has 0 spiro atoms. The number of hydrogen-bond acceptors (Lipinski definition) is 7. The zero-order valence-corrected chi connectivity index (χ0v) is 29.3. The number of carbonyl (C=O) groups is 4. The minimum atomic E-state index is -1.15. The molecule has 0 aliphatic rings. The number of hydrazine groups is 1. The van der Waals surface area contributed by atoms with E-state index >= 15 is 0 Å². The fourth-order valence-corrected chi connectivity index (χ4v) is 5.31. The summed E-state index contributed by atoms with van der Waals surface area (Å²) in [5, 5.41) is 21.7. The standard InChI is InChI=1S/C38H51N5O6/c1-25(2)35(39-27(5)44)37(47)41-33(21-29-13-9-7-10-14-29)34(46)23-43(42-38(48)36(26(3)4)40-28(6)45)22-30-17-19-32(20-18-30)49-24-31-15-11-8-12-16-31/h7-20,25-26,33-36,46H,21-24H2,1-6H3,(H,39,44)(H,40,45)(H,41,47)(H,42,48)/t33?,34?,35-,36-/m0/s1. The van der Waals surface area contributed by atoms with Gasteiger partial charge in [0.05, 0.1) is 12.1 Å². The molecule has 49 heavy (non-hydrogen) atoms. The van der Waals surface area contributed by atoms with E-state index in [-0.39, 0.29) is 36.7 Å². The summed E-state index contributed by atoms with van der Waals surface area (Å²) < 4.78 is 5.93. The quantitative estimate of drug-likeness (QED) is 0.130. The SMILES string of the molecule is CC(=O)N[C@H](C(=O)NC(Cc1ccccc1)C(O)CN(Cc1ccc(OCc2ccccc2)cc1)NC(=O)[C@@H](NC(C)=O)C(C)C)C(C)C. The topological polar surface area (TPSA) is 149 Å². The monoisotopic (exact) mass is 673 g/mol. The van der Waals surface area contributed by atoms with E-state index in [1.807, 2.05) is 113 Å². The van der Waals surface area contributed by atoms with Crippen LogP contribution in [0.4, 0.5) is 0 Å². The highest BCUT2D eigenvalue weighted by molar-refractivity contribution is 5.87. The van der Waals surface area contributed by atoms with Crippen LogP contribution < -0.4 is 26.1 Å². The molecule has 0 bridgehead atoms. The largest absolute Gasteiger partial charge is 0.489 e. The Bertz CT molecular complexity index is 1480. The van der Waals surface area contributed by atoms with Crippen molar-refractivity contribution in [2.45, 2.75) is 85.3 Å². The number of hydrogen-bond donors (Lipinski definition) is 5. The minimum absolute atomic E-state index is 0.0624. The van der Waals surface area contributed by atoms with Crippen LogP contribution in [0.3, 0.4) is 0 Å². The number of benzene rings is 3. The molecule has 0 heterocycles. The smallest absolute Gasteiger partial charge is 0.257 e. The highest BCUT2D eigenvalue weighted by Crippen LogP contribution is 2.17. The van der Waals surface area contributed by atoms with Gasteiger partial charge < -0.3 is 25.8 Å². The van der Waals surface area contributed by atoms with E-state index in [1.165, 1.54) is 13.8 Å². The Morgan fingerprint density at radius 2 is 1.18 bits per heavy atom. The first-order chi connectivity index (χ1) is 23.3. The van der Waals surface area contributed by atoms with E-state index in [0.717, 1.165) is 16.7 Å². The third-order valence-electron chi connectivity index (χ3n) is 7.93. The molecule has 11 heteroatoms. The molecule has 0 aromatic heterocycles. The van der Waals surface area contributed by atoms with Crippen LogP contribution in [0.1, 0.15) is 58.2 Å². The van der Waals surface area contributed by atoms with Gasteiger partial charge >= 0.3 is 0 Å². The Balaban J connectivity index is 1.85. The van der Waals surface area contributed by atoms with Crippen LogP contribution in [0.2, 0.25) is 0 Å². The van der Waals surface area contributed by atoms with Gasteiger partial charge in [0.2, 0.25) is 17.7 Å². The van der Waals surface area contributed by atoms with E-state index in [1.54, 1.807) is 5.01 Å². The highest BCUT2D eigenvalue weighted by Gasteiger charge is 2.31. The molecule has 0 saturated carbocycles. The van der Waals surface area contributed by atoms with Crippen LogP contribution in [-0.4, -0.2) is 64.5 Å². The summed E-state index contributed by atoms with van der Waals surface area (Å²) in [7, 11) is 0. The van der Waals surface area contributed by atoms with Gasteiger partial charge in [-0.05, 0) is 47.1 Å². The van der Waals surface area contributed by atoms with Gasteiger partial charge in [-0.25, -0.2) is 5.01 Å². The summed E-state index contributed by atoms with van der Waals surface area (Å²) in [5.41, 5.74) is 5.66. The van der Waals surface area contributed by atoms with Crippen LogP contribution in [0, 0.1) is 11.8 Å². The molecule has 0 radical (unpaired) electrons. The van der Waals surface area contributed by atoms with Crippen molar-refractivity contribution in [2.75, 3.05) is 6.54 Å². The molecular weight excluding hydrogens is 622 g/mol. The summed E-state index contributed by atoms with van der Waals surface area (Å²) >= 11 is 0. The second-order valence-electron chi connectivity index (χ2n) is 13.0. The molecule has 11 nitrogen and oxygen atoms in total. The number of carbonyl (C=O) groups excluding carboxylic acids is 4. The summed E-state index contributed by atoms with van der Waals surface area (Å²) in [6.07, 6.45) is -0.852.